The zero-order chi connectivity index (χ0) is 15.4. The molecule has 3 heterocycles. The summed E-state index contributed by atoms with van der Waals surface area (Å²) in [5, 5.41) is 5.20. The Kier molecular flexibility index (Phi) is 2.97. The molecule has 3 rings (SSSR count). The molecule has 0 radical (unpaired) electrons. The number of fused-ring (bicyclic) bond motifs is 1. The Labute approximate surface area is 123 Å². The molecule has 1 aliphatic heterocycles. The van der Waals surface area contributed by atoms with Gasteiger partial charge in [0.2, 0.25) is 5.91 Å². The van der Waals surface area contributed by atoms with Crippen molar-refractivity contribution in [3.63, 3.8) is 0 Å². The third-order valence-electron chi connectivity index (χ3n) is 4.29. The van der Waals surface area contributed by atoms with E-state index in [0.29, 0.717) is 11.1 Å². The van der Waals surface area contributed by atoms with E-state index in [-0.39, 0.29) is 5.91 Å². The molecular weight excluding hydrogens is 269 g/mol. The fourth-order valence-corrected chi connectivity index (χ4v) is 2.36. The number of pyridine rings is 1. The molecule has 21 heavy (non-hydrogen) atoms. The van der Waals surface area contributed by atoms with Crippen LogP contribution in [-0.2, 0) is 9.31 Å². The van der Waals surface area contributed by atoms with Crippen LogP contribution in [0.5, 0.6) is 0 Å². The average Bonchev–Trinajstić information content (AvgIpc) is 2.85. The summed E-state index contributed by atoms with van der Waals surface area (Å²) in [7, 11) is -0.597. The minimum absolute atomic E-state index is 0.171. The van der Waals surface area contributed by atoms with Gasteiger partial charge in [-0.2, -0.15) is 9.78 Å². The molecule has 2 aromatic heterocycles. The maximum Gasteiger partial charge on any atom is 0.517 e. The molecule has 110 valence electrons. The molecule has 7 heteroatoms. The number of aromatic nitrogens is 3. The molecule has 2 aromatic rings. The lowest BCUT2D eigenvalue weighted by molar-refractivity contribution is 0.00578. The number of carbonyl (C=O) groups excluding carboxylic acids is 1. The zero-order valence-corrected chi connectivity index (χ0v) is 12.9. The van der Waals surface area contributed by atoms with Crippen LogP contribution in [0, 0.1) is 0 Å². The highest BCUT2D eigenvalue weighted by atomic mass is 16.7. The molecule has 0 atom stereocenters. The highest BCUT2D eigenvalue weighted by molar-refractivity contribution is 6.64. The van der Waals surface area contributed by atoms with Crippen molar-refractivity contribution in [1.29, 1.82) is 0 Å². The lowest BCUT2D eigenvalue weighted by Gasteiger charge is -2.32. The van der Waals surface area contributed by atoms with Crippen molar-refractivity contribution >= 4 is 29.5 Å². The van der Waals surface area contributed by atoms with E-state index in [0.717, 1.165) is 5.39 Å². The molecule has 0 amide bonds. The van der Waals surface area contributed by atoms with Crippen molar-refractivity contribution in [1.82, 2.24) is 14.8 Å². The lowest BCUT2D eigenvalue weighted by Crippen LogP contribution is -2.41. The van der Waals surface area contributed by atoms with Gasteiger partial charge in [-0.15, -0.1) is 0 Å². The Morgan fingerprint density at radius 3 is 2.43 bits per heavy atom. The smallest absolute Gasteiger partial charge is 0.398 e. The average molecular weight is 287 g/mol. The van der Waals surface area contributed by atoms with E-state index in [1.807, 2.05) is 33.8 Å². The summed E-state index contributed by atoms with van der Waals surface area (Å²) in [6.07, 6.45) is 3.29. The van der Waals surface area contributed by atoms with Gasteiger partial charge in [-0.1, -0.05) is 0 Å². The Morgan fingerprint density at radius 2 is 1.86 bits per heavy atom. The molecule has 0 spiro atoms. The summed E-state index contributed by atoms with van der Waals surface area (Å²) >= 11 is 0. The maximum absolute atomic E-state index is 11.7. The topological polar surface area (TPSA) is 66.2 Å². The number of nitrogens with zero attached hydrogens (tertiary/aromatic N) is 3. The minimum atomic E-state index is -0.597. The fourth-order valence-electron chi connectivity index (χ4n) is 2.36. The third-order valence-corrected chi connectivity index (χ3v) is 4.29. The van der Waals surface area contributed by atoms with Crippen LogP contribution >= 0.6 is 0 Å². The van der Waals surface area contributed by atoms with Crippen molar-refractivity contribution < 1.29 is 14.1 Å². The lowest BCUT2D eigenvalue weighted by atomic mass is 9.83. The molecule has 0 saturated carbocycles. The first-order chi connectivity index (χ1) is 9.73. The highest BCUT2D eigenvalue weighted by Gasteiger charge is 2.53. The van der Waals surface area contributed by atoms with Crippen LogP contribution in [0.1, 0.15) is 39.4 Å². The Balaban J connectivity index is 2.13. The molecule has 0 aliphatic carbocycles. The van der Waals surface area contributed by atoms with Crippen molar-refractivity contribution in [3.8, 4) is 0 Å². The maximum atomic E-state index is 11.7. The van der Waals surface area contributed by atoms with Gasteiger partial charge in [0, 0.05) is 18.5 Å². The van der Waals surface area contributed by atoms with Crippen molar-refractivity contribution in [2.45, 2.75) is 45.8 Å². The summed E-state index contributed by atoms with van der Waals surface area (Å²) in [4.78, 5) is 15.8. The molecule has 1 saturated heterocycles. The van der Waals surface area contributed by atoms with Crippen LogP contribution in [0.3, 0.4) is 0 Å². The first-order valence-electron chi connectivity index (χ1n) is 6.92. The van der Waals surface area contributed by atoms with Gasteiger partial charge in [-0.25, -0.2) is 0 Å². The fraction of sp³-hybridized carbons (Fsp3) is 0.500. The van der Waals surface area contributed by atoms with Gasteiger partial charge >= 0.3 is 7.12 Å². The zero-order valence-electron chi connectivity index (χ0n) is 12.9. The highest BCUT2D eigenvalue weighted by Crippen LogP contribution is 2.36. The van der Waals surface area contributed by atoms with Gasteiger partial charge < -0.3 is 9.31 Å². The van der Waals surface area contributed by atoms with Gasteiger partial charge in [-0.3, -0.25) is 9.78 Å². The van der Waals surface area contributed by atoms with Crippen molar-refractivity contribution in [3.05, 3.63) is 18.5 Å². The monoisotopic (exact) mass is 287 g/mol. The standard InChI is InChI=1S/C14H18BN3O3/c1-9(19)18-11-8-16-7-6-10(11)12(17-18)15-20-13(2,3)14(4,5)21-15/h6-8H,1-5H3. The van der Waals surface area contributed by atoms with E-state index in [1.165, 1.54) is 11.6 Å². The Morgan fingerprint density at radius 1 is 1.24 bits per heavy atom. The van der Waals surface area contributed by atoms with Crippen LogP contribution in [0.2, 0.25) is 0 Å². The SMILES string of the molecule is CC(=O)n1nc(B2OC(C)(C)C(C)(C)O2)c2ccncc21. The van der Waals surface area contributed by atoms with Crippen molar-refractivity contribution in [2.24, 2.45) is 0 Å². The summed E-state index contributed by atoms with van der Waals surface area (Å²) in [6.45, 7) is 9.41. The molecule has 0 unspecified atom stereocenters. The Hall–Kier alpha value is -1.73. The first-order valence-corrected chi connectivity index (χ1v) is 6.92. The number of carbonyl (C=O) groups is 1. The van der Waals surface area contributed by atoms with E-state index in [4.69, 9.17) is 9.31 Å². The normalized spacial score (nSPS) is 20.1. The molecule has 0 aromatic carbocycles. The minimum Gasteiger partial charge on any atom is -0.398 e. The summed E-state index contributed by atoms with van der Waals surface area (Å²) in [5.41, 5.74) is 0.379. The largest absolute Gasteiger partial charge is 0.517 e. The summed E-state index contributed by atoms with van der Waals surface area (Å²) in [5.74, 6) is -0.171. The van der Waals surface area contributed by atoms with E-state index in [1.54, 1.807) is 12.4 Å². The van der Waals surface area contributed by atoms with E-state index >= 15 is 0 Å². The molecule has 0 N–H and O–H groups in total. The Bertz CT molecular complexity index is 707. The second kappa shape index (κ2) is 4.38. The molecule has 6 nitrogen and oxygen atoms in total. The van der Waals surface area contributed by atoms with Crippen LogP contribution in [0.4, 0.5) is 0 Å². The van der Waals surface area contributed by atoms with Crippen LogP contribution in [0.15, 0.2) is 18.5 Å². The van der Waals surface area contributed by atoms with E-state index in [2.05, 4.69) is 10.1 Å². The van der Waals surface area contributed by atoms with Crippen LogP contribution in [-0.4, -0.2) is 39.0 Å². The second-order valence-electron chi connectivity index (χ2n) is 6.30. The van der Waals surface area contributed by atoms with E-state index in [9.17, 15) is 4.79 Å². The van der Waals surface area contributed by atoms with Gasteiger partial charge in [0.15, 0.2) is 0 Å². The van der Waals surface area contributed by atoms with Gasteiger partial charge in [0.1, 0.15) is 5.59 Å². The summed E-state index contributed by atoms with van der Waals surface area (Å²) < 4.78 is 13.4. The third kappa shape index (κ3) is 2.08. The predicted octanol–water partition coefficient (Wildman–Crippen LogP) is 1.39. The van der Waals surface area contributed by atoms with Crippen molar-refractivity contribution in [2.75, 3.05) is 0 Å². The number of hydrogen-bond acceptors (Lipinski definition) is 5. The summed E-state index contributed by atoms with van der Waals surface area (Å²) in [6, 6.07) is 1.82. The molecule has 1 fully saturated rings. The molecule has 0 bridgehead atoms. The predicted molar refractivity (Wildman–Crippen MR) is 79.5 cm³/mol. The van der Waals surface area contributed by atoms with Gasteiger partial charge in [-0.05, 0) is 33.8 Å². The number of rotatable bonds is 1. The van der Waals surface area contributed by atoms with E-state index < -0.39 is 18.3 Å². The van der Waals surface area contributed by atoms with Crippen LogP contribution in [0.25, 0.3) is 10.9 Å². The molecule has 1 aliphatic rings. The molecular formula is C14H18BN3O3. The first kappa shape index (κ1) is 14.2. The van der Waals surface area contributed by atoms with Gasteiger partial charge in [0.05, 0.1) is 22.9 Å². The quantitative estimate of drug-likeness (QED) is 0.741. The number of hydrogen-bond donors (Lipinski definition) is 0. The van der Waals surface area contributed by atoms with Gasteiger partial charge in [0.25, 0.3) is 0 Å². The van der Waals surface area contributed by atoms with Crippen LogP contribution < -0.4 is 5.59 Å². The second-order valence-corrected chi connectivity index (χ2v) is 6.30.